The SMILES string of the molecule is COC(=O)c1ccc(N)c(Sc2ccc(Br)cc2)n1. The van der Waals surface area contributed by atoms with Crippen molar-refractivity contribution >= 4 is 39.3 Å². The summed E-state index contributed by atoms with van der Waals surface area (Å²) in [5.74, 6) is -0.474. The molecule has 0 radical (unpaired) electrons. The Kier molecular flexibility index (Phi) is 4.44. The zero-order valence-corrected chi connectivity index (χ0v) is 12.5. The van der Waals surface area contributed by atoms with Crippen LogP contribution in [0.2, 0.25) is 0 Å². The first-order valence-corrected chi connectivity index (χ1v) is 6.99. The molecule has 0 atom stereocenters. The van der Waals surface area contributed by atoms with E-state index in [9.17, 15) is 4.79 Å². The molecule has 0 saturated heterocycles. The van der Waals surface area contributed by atoms with E-state index in [0.717, 1.165) is 9.37 Å². The molecule has 19 heavy (non-hydrogen) atoms. The van der Waals surface area contributed by atoms with Crippen molar-refractivity contribution in [2.75, 3.05) is 12.8 Å². The summed E-state index contributed by atoms with van der Waals surface area (Å²) in [5, 5.41) is 0.588. The molecule has 1 aromatic carbocycles. The number of esters is 1. The molecule has 0 amide bonds. The standard InChI is InChI=1S/C13H11BrN2O2S/c1-18-13(17)11-7-6-10(15)12(16-11)19-9-4-2-8(14)3-5-9/h2-7H,15H2,1H3. The second-order valence-corrected chi connectivity index (χ2v) is 5.62. The minimum atomic E-state index is -0.474. The maximum Gasteiger partial charge on any atom is 0.356 e. The first-order chi connectivity index (χ1) is 9.10. The van der Waals surface area contributed by atoms with Gasteiger partial charge in [0.25, 0.3) is 0 Å². The molecule has 2 N–H and O–H groups in total. The fourth-order valence-electron chi connectivity index (χ4n) is 1.37. The highest BCUT2D eigenvalue weighted by molar-refractivity contribution is 9.10. The summed E-state index contributed by atoms with van der Waals surface area (Å²) in [6, 6.07) is 11.0. The quantitative estimate of drug-likeness (QED) is 0.869. The number of methoxy groups -OCH3 is 1. The molecule has 0 bridgehead atoms. The van der Waals surface area contributed by atoms with E-state index in [4.69, 9.17) is 5.73 Å². The van der Waals surface area contributed by atoms with Crippen LogP contribution in [0.5, 0.6) is 0 Å². The number of pyridine rings is 1. The molecule has 1 aromatic heterocycles. The molecule has 2 aromatic rings. The number of ether oxygens (including phenoxy) is 1. The fraction of sp³-hybridized carbons (Fsp3) is 0.0769. The van der Waals surface area contributed by atoms with E-state index in [-0.39, 0.29) is 5.69 Å². The molecule has 4 nitrogen and oxygen atoms in total. The van der Waals surface area contributed by atoms with Gasteiger partial charge in [0.1, 0.15) is 10.7 Å². The van der Waals surface area contributed by atoms with Crippen molar-refractivity contribution in [2.24, 2.45) is 0 Å². The van der Waals surface area contributed by atoms with Crippen LogP contribution in [0, 0.1) is 0 Å². The summed E-state index contributed by atoms with van der Waals surface area (Å²) < 4.78 is 5.64. The Morgan fingerprint density at radius 1 is 1.26 bits per heavy atom. The van der Waals surface area contributed by atoms with Gasteiger partial charge in [-0.3, -0.25) is 0 Å². The van der Waals surface area contributed by atoms with Gasteiger partial charge in [-0.25, -0.2) is 9.78 Å². The van der Waals surface area contributed by atoms with Crippen LogP contribution in [0.4, 0.5) is 5.69 Å². The number of hydrogen-bond acceptors (Lipinski definition) is 5. The summed E-state index contributed by atoms with van der Waals surface area (Å²) in [4.78, 5) is 16.6. The van der Waals surface area contributed by atoms with Crippen LogP contribution in [-0.2, 0) is 4.74 Å². The highest BCUT2D eigenvalue weighted by atomic mass is 79.9. The van der Waals surface area contributed by atoms with Crippen LogP contribution in [0.1, 0.15) is 10.5 Å². The van der Waals surface area contributed by atoms with Crippen molar-refractivity contribution in [3.05, 3.63) is 46.6 Å². The monoisotopic (exact) mass is 338 g/mol. The molecule has 0 fully saturated rings. The number of anilines is 1. The van der Waals surface area contributed by atoms with Crippen molar-refractivity contribution < 1.29 is 9.53 Å². The van der Waals surface area contributed by atoms with Crippen molar-refractivity contribution in [1.82, 2.24) is 4.98 Å². The van der Waals surface area contributed by atoms with Crippen LogP contribution >= 0.6 is 27.7 Å². The molecule has 0 aliphatic heterocycles. The number of nitrogens with zero attached hydrogens (tertiary/aromatic N) is 1. The van der Waals surface area contributed by atoms with Gasteiger partial charge in [-0.05, 0) is 36.4 Å². The van der Waals surface area contributed by atoms with Crippen molar-refractivity contribution in [1.29, 1.82) is 0 Å². The Morgan fingerprint density at radius 3 is 2.58 bits per heavy atom. The fourth-order valence-corrected chi connectivity index (χ4v) is 2.46. The smallest absolute Gasteiger partial charge is 0.356 e. The van der Waals surface area contributed by atoms with E-state index < -0.39 is 5.97 Å². The van der Waals surface area contributed by atoms with Gasteiger partial charge in [0, 0.05) is 9.37 Å². The van der Waals surface area contributed by atoms with Crippen LogP contribution in [-0.4, -0.2) is 18.1 Å². The van der Waals surface area contributed by atoms with Crippen LogP contribution in [0.15, 0.2) is 50.8 Å². The average molecular weight is 339 g/mol. The molecule has 98 valence electrons. The summed E-state index contributed by atoms with van der Waals surface area (Å²) in [7, 11) is 1.32. The van der Waals surface area contributed by atoms with Gasteiger partial charge in [-0.1, -0.05) is 27.7 Å². The summed E-state index contributed by atoms with van der Waals surface area (Å²) in [5.41, 5.74) is 6.64. The van der Waals surface area contributed by atoms with Crippen molar-refractivity contribution in [3.63, 3.8) is 0 Å². The Bertz CT molecular complexity index is 602. The van der Waals surface area contributed by atoms with Gasteiger partial charge >= 0.3 is 5.97 Å². The molecule has 0 aliphatic rings. The Morgan fingerprint density at radius 2 is 1.95 bits per heavy atom. The molecule has 0 saturated carbocycles. The highest BCUT2D eigenvalue weighted by Crippen LogP contribution is 2.31. The van der Waals surface area contributed by atoms with Gasteiger partial charge < -0.3 is 10.5 Å². The average Bonchev–Trinajstić information content (AvgIpc) is 2.43. The van der Waals surface area contributed by atoms with E-state index >= 15 is 0 Å². The first kappa shape index (κ1) is 13.9. The highest BCUT2D eigenvalue weighted by Gasteiger charge is 2.11. The lowest BCUT2D eigenvalue weighted by atomic mass is 10.3. The minimum absolute atomic E-state index is 0.247. The van der Waals surface area contributed by atoms with Crippen molar-refractivity contribution in [3.8, 4) is 0 Å². The van der Waals surface area contributed by atoms with E-state index in [2.05, 4.69) is 25.7 Å². The van der Waals surface area contributed by atoms with E-state index in [1.807, 2.05) is 24.3 Å². The van der Waals surface area contributed by atoms with E-state index in [1.165, 1.54) is 18.9 Å². The molecule has 2 rings (SSSR count). The summed E-state index contributed by atoms with van der Waals surface area (Å²) in [6.07, 6.45) is 0. The number of aromatic nitrogens is 1. The third-order valence-electron chi connectivity index (χ3n) is 2.31. The number of carbonyl (C=O) groups excluding carboxylic acids is 1. The molecular weight excluding hydrogens is 328 g/mol. The van der Waals surface area contributed by atoms with E-state index in [0.29, 0.717) is 10.7 Å². The molecular formula is C13H11BrN2O2S. The summed E-state index contributed by atoms with van der Waals surface area (Å²) in [6.45, 7) is 0. The maximum absolute atomic E-state index is 11.4. The minimum Gasteiger partial charge on any atom is -0.464 e. The van der Waals surface area contributed by atoms with Crippen LogP contribution in [0.25, 0.3) is 0 Å². The molecule has 1 heterocycles. The zero-order chi connectivity index (χ0) is 13.8. The van der Waals surface area contributed by atoms with Gasteiger partial charge in [0.2, 0.25) is 0 Å². The van der Waals surface area contributed by atoms with E-state index in [1.54, 1.807) is 12.1 Å². The predicted molar refractivity (Wildman–Crippen MR) is 78.3 cm³/mol. The number of halogens is 1. The number of nitrogen functional groups attached to an aromatic ring is 1. The zero-order valence-electron chi connectivity index (χ0n) is 10.1. The van der Waals surface area contributed by atoms with Crippen LogP contribution < -0.4 is 5.73 Å². The molecule has 0 spiro atoms. The third-order valence-corrected chi connectivity index (χ3v) is 3.87. The second kappa shape index (κ2) is 6.08. The lowest BCUT2D eigenvalue weighted by Gasteiger charge is -2.06. The first-order valence-electron chi connectivity index (χ1n) is 5.38. The maximum atomic E-state index is 11.4. The Hall–Kier alpha value is -1.53. The molecule has 0 aliphatic carbocycles. The van der Waals surface area contributed by atoms with Crippen molar-refractivity contribution in [2.45, 2.75) is 9.92 Å². The Labute approximate surface area is 123 Å². The van der Waals surface area contributed by atoms with Gasteiger partial charge in [0.15, 0.2) is 0 Å². The number of benzene rings is 1. The van der Waals surface area contributed by atoms with Crippen LogP contribution in [0.3, 0.4) is 0 Å². The largest absolute Gasteiger partial charge is 0.464 e. The van der Waals surface area contributed by atoms with Gasteiger partial charge in [-0.2, -0.15) is 0 Å². The lowest BCUT2D eigenvalue weighted by molar-refractivity contribution is 0.0593. The topological polar surface area (TPSA) is 65.2 Å². The number of hydrogen-bond donors (Lipinski definition) is 1. The number of carbonyl (C=O) groups is 1. The lowest BCUT2D eigenvalue weighted by Crippen LogP contribution is -2.05. The number of rotatable bonds is 3. The second-order valence-electron chi connectivity index (χ2n) is 3.64. The normalized spacial score (nSPS) is 10.2. The summed E-state index contributed by atoms with van der Waals surface area (Å²) >= 11 is 4.77. The predicted octanol–water partition coefficient (Wildman–Crippen LogP) is 3.36. The molecule has 0 unspecified atom stereocenters. The Balaban J connectivity index is 2.28. The third kappa shape index (κ3) is 3.48. The van der Waals surface area contributed by atoms with Gasteiger partial charge in [-0.15, -0.1) is 0 Å². The van der Waals surface area contributed by atoms with Gasteiger partial charge in [0.05, 0.1) is 12.8 Å². The number of nitrogens with two attached hydrogens (primary N) is 1. The molecule has 6 heteroatoms.